The van der Waals surface area contributed by atoms with Crippen molar-refractivity contribution in [1.29, 1.82) is 0 Å². The van der Waals surface area contributed by atoms with E-state index in [0.29, 0.717) is 18.2 Å². The first-order chi connectivity index (χ1) is 10.7. The predicted octanol–water partition coefficient (Wildman–Crippen LogP) is 3.36. The molecule has 0 saturated heterocycles. The topological polar surface area (TPSA) is 57.8 Å². The van der Waals surface area contributed by atoms with Crippen LogP contribution in [0.1, 0.15) is 11.1 Å². The fraction of sp³-hybridized carbons (Fsp3) is 0.111. The van der Waals surface area contributed by atoms with E-state index in [2.05, 4.69) is 46.5 Å². The number of hydrogen-bond acceptors (Lipinski definition) is 3. The Morgan fingerprint density at radius 2 is 1.77 bits per heavy atom. The van der Waals surface area contributed by atoms with Crippen LogP contribution in [0.3, 0.4) is 0 Å². The lowest BCUT2D eigenvalue weighted by molar-refractivity contribution is 1.04. The summed E-state index contributed by atoms with van der Waals surface area (Å²) < 4.78 is 0. The van der Waals surface area contributed by atoms with Gasteiger partial charge < -0.3 is 5.32 Å². The summed E-state index contributed by atoms with van der Waals surface area (Å²) in [5.74, 6) is 0.479. The van der Waals surface area contributed by atoms with Crippen molar-refractivity contribution in [3.63, 3.8) is 0 Å². The van der Waals surface area contributed by atoms with E-state index in [1.165, 1.54) is 11.6 Å². The summed E-state index contributed by atoms with van der Waals surface area (Å²) in [4.78, 5) is 19.0. The molecule has 3 rings (SSSR count). The molecular formula is C18H17N3O. The van der Waals surface area contributed by atoms with Crippen molar-refractivity contribution in [3.8, 4) is 11.3 Å². The standard InChI is InChI=1S/C18H17N3O/c1-13-7-9-14(10-8-13)12-19-18-20-16(11-17(22)21-18)15-5-3-2-4-6-15/h2-11H,12H2,1H3,(H2,19,20,21,22). The summed E-state index contributed by atoms with van der Waals surface area (Å²) in [5.41, 5.74) is 3.78. The largest absolute Gasteiger partial charge is 0.352 e. The van der Waals surface area contributed by atoms with Crippen molar-refractivity contribution in [3.05, 3.63) is 82.1 Å². The molecule has 0 aliphatic carbocycles. The number of aromatic nitrogens is 2. The molecular weight excluding hydrogens is 274 g/mol. The zero-order valence-corrected chi connectivity index (χ0v) is 12.3. The highest BCUT2D eigenvalue weighted by Crippen LogP contribution is 2.15. The van der Waals surface area contributed by atoms with E-state index >= 15 is 0 Å². The Hall–Kier alpha value is -2.88. The van der Waals surface area contributed by atoms with Gasteiger partial charge in [0.25, 0.3) is 5.56 Å². The van der Waals surface area contributed by atoms with E-state index in [4.69, 9.17) is 0 Å². The molecule has 22 heavy (non-hydrogen) atoms. The summed E-state index contributed by atoms with van der Waals surface area (Å²) in [6.07, 6.45) is 0. The quantitative estimate of drug-likeness (QED) is 0.775. The normalized spacial score (nSPS) is 10.4. The van der Waals surface area contributed by atoms with E-state index in [-0.39, 0.29) is 5.56 Å². The maximum Gasteiger partial charge on any atom is 0.252 e. The van der Waals surface area contributed by atoms with Gasteiger partial charge in [-0.3, -0.25) is 9.78 Å². The fourth-order valence-electron chi connectivity index (χ4n) is 2.19. The minimum absolute atomic E-state index is 0.166. The van der Waals surface area contributed by atoms with Gasteiger partial charge in [0.1, 0.15) is 0 Å². The Labute approximate surface area is 128 Å². The first kappa shape index (κ1) is 14.1. The van der Waals surface area contributed by atoms with Gasteiger partial charge in [-0.05, 0) is 12.5 Å². The van der Waals surface area contributed by atoms with Gasteiger partial charge in [-0.25, -0.2) is 4.98 Å². The Morgan fingerprint density at radius 3 is 2.50 bits per heavy atom. The second-order valence-electron chi connectivity index (χ2n) is 5.18. The second-order valence-corrected chi connectivity index (χ2v) is 5.18. The van der Waals surface area contributed by atoms with Crippen LogP contribution >= 0.6 is 0 Å². The van der Waals surface area contributed by atoms with Gasteiger partial charge >= 0.3 is 0 Å². The molecule has 0 spiro atoms. The van der Waals surface area contributed by atoms with E-state index in [9.17, 15) is 4.79 Å². The number of benzene rings is 2. The van der Waals surface area contributed by atoms with E-state index in [0.717, 1.165) is 11.1 Å². The third-order valence-electron chi connectivity index (χ3n) is 3.39. The van der Waals surface area contributed by atoms with Gasteiger partial charge in [0.15, 0.2) is 0 Å². The Bertz CT molecular complexity index is 808. The third-order valence-corrected chi connectivity index (χ3v) is 3.39. The van der Waals surface area contributed by atoms with Crippen LogP contribution < -0.4 is 10.9 Å². The van der Waals surface area contributed by atoms with Crippen LogP contribution in [0, 0.1) is 6.92 Å². The smallest absolute Gasteiger partial charge is 0.252 e. The highest BCUT2D eigenvalue weighted by Gasteiger charge is 2.03. The lowest BCUT2D eigenvalue weighted by Crippen LogP contribution is -2.12. The number of H-pyrrole nitrogens is 1. The SMILES string of the molecule is Cc1ccc(CNc2nc(-c3ccccc3)cc(=O)[nH]2)cc1. The lowest BCUT2D eigenvalue weighted by atomic mass is 10.1. The van der Waals surface area contributed by atoms with Crippen molar-refractivity contribution in [2.24, 2.45) is 0 Å². The Morgan fingerprint density at radius 1 is 1.05 bits per heavy atom. The molecule has 0 fully saturated rings. The summed E-state index contributed by atoms with van der Waals surface area (Å²) in [7, 11) is 0. The fourth-order valence-corrected chi connectivity index (χ4v) is 2.19. The number of rotatable bonds is 4. The highest BCUT2D eigenvalue weighted by molar-refractivity contribution is 5.59. The second kappa shape index (κ2) is 6.26. The van der Waals surface area contributed by atoms with E-state index in [1.54, 1.807) is 0 Å². The van der Waals surface area contributed by atoms with Crippen molar-refractivity contribution < 1.29 is 0 Å². The number of aryl methyl sites for hydroxylation is 1. The van der Waals surface area contributed by atoms with E-state index < -0.39 is 0 Å². The summed E-state index contributed by atoms with van der Waals surface area (Å²) in [5, 5.41) is 3.16. The van der Waals surface area contributed by atoms with E-state index in [1.807, 2.05) is 30.3 Å². The van der Waals surface area contributed by atoms with Crippen LogP contribution in [-0.2, 0) is 6.54 Å². The zero-order valence-electron chi connectivity index (χ0n) is 12.3. The number of nitrogens with one attached hydrogen (secondary N) is 2. The van der Waals surface area contributed by atoms with Crippen molar-refractivity contribution in [2.75, 3.05) is 5.32 Å². The average molecular weight is 291 g/mol. The molecule has 0 atom stereocenters. The van der Waals surface area contributed by atoms with Gasteiger partial charge in [0.05, 0.1) is 5.69 Å². The molecule has 4 heteroatoms. The van der Waals surface area contributed by atoms with Crippen LogP contribution in [0.2, 0.25) is 0 Å². The van der Waals surface area contributed by atoms with Crippen LogP contribution in [0.25, 0.3) is 11.3 Å². The van der Waals surface area contributed by atoms with Crippen molar-refractivity contribution in [2.45, 2.75) is 13.5 Å². The highest BCUT2D eigenvalue weighted by atomic mass is 16.1. The minimum Gasteiger partial charge on any atom is -0.352 e. The molecule has 110 valence electrons. The third kappa shape index (κ3) is 3.41. The van der Waals surface area contributed by atoms with Gasteiger partial charge in [0.2, 0.25) is 5.95 Å². The Kier molecular flexibility index (Phi) is 4.01. The molecule has 0 bridgehead atoms. The molecule has 1 aromatic heterocycles. The molecule has 0 amide bonds. The molecule has 1 heterocycles. The monoisotopic (exact) mass is 291 g/mol. The molecule has 0 unspecified atom stereocenters. The van der Waals surface area contributed by atoms with Crippen LogP contribution in [-0.4, -0.2) is 9.97 Å². The van der Waals surface area contributed by atoms with Gasteiger partial charge in [-0.2, -0.15) is 0 Å². The first-order valence-electron chi connectivity index (χ1n) is 7.17. The molecule has 3 aromatic rings. The first-order valence-corrected chi connectivity index (χ1v) is 7.17. The summed E-state index contributed by atoms with van der Waals surface area (Å²) in [6.45, 7) is 2.67. The number of hydrogen-bond donors (Lipinski definition) is 2. The number of aromatic amines is 1. The van der Waals surface area contributed by atoms with Crippen LogP contribution in [0.5, 0.6) is 0 Å². The van der Waals surface area contributed by atoms with Gasteiger partial charge in [-0.1, -0.05) is 60.2 Å². The molecule has 0 aliphatic rings. The van der Waals surface area contributed by atoms with Crippen LogP contribution in [0.15, 0.2) is 65.5 Å². The Balaban J connectivity index is 1.81. The number of anilines is 1. The summed E-state index contributed by atoms with van der Waals surface area (Å²) in [6, 6.07) is 19.4. The van der Waals surface area contributed by atoms with Crippen molar-refractivity contribution >= 4 is 5.95 Å². The molecule has 2 aromatic carbocycles. The zero-order chi connectivity index (χ0) is 15.4. The number of nitrogens with zero attached hydrogens (tertiary/aromatic N) is 1. The predicted molar refractivity (Wildman–Crippen MR) is 88.8 cm³/mol. The molecule has 2 N–H and O–H groups in total. The van der Waals surface area contributed by atoms with Crippen molar-refractivity contribution in [1.82, 2.24) is 9.97 Å². The molecule has 0 radical (unpaired) electrons. The maximum absolute atomic E-state index is 11.8. The van der Waals surface area contributed by atoms with Gasteiger partial charge in [-0.15, -0.1) is 0 Å². The molecule has 0 aliphatic heterocycles. The molecule has 0 saturated carbocycles. The summed E-state index contributed by atoms with van der Waals surface area (Å²) >= 11 is 0. The average Bonchev–Trinajstić information content (AvgIpc) is 2.55. The van der Waals surface area contributed by atoms with Crippen LogP contribution in [0.4, 0.5) is 5.95 Å². The van der Waals surface area contributed by atoms with Gasteiger partial charge in [0, 0.05) is 18.2 Å². The molecule has 4 nitrogen and oxygen atoms in total. The maximum atomic E-state index is 11.8. The minimum atomic E-state index is -0.166. The lowest BCUT2D eigenvalue weighted by Gasteiger charge is -2.07.